The van der Waals surface area contributed by atoms with Gasteiger partial charge in [-0.2, -0.15) is 0 Å². The fraction of sp³-hybridized carbons (Fsp3) is 0.600. The van der Waals surface area contributed by atoms with E-state index < -0.39 is 0 Å². The maximum atomic E-state index is 5.64. The minimum absolute atomic E-state index is 0.444. The van der Waals surface area contributed by atoms with Crippen molar-refractivity contribution >= 4 is 0 Å². The Morgan fingerprint density at radius 3 is 2.82 bits per heavy atom. The number of rotatable bonds is 6. The molecule has 0 aromatic heterocycles. The van der Waals surface area contributed by atoms with Gasteiger partial charge in [0.15, 0.2) is 0 Å². The Morgan fingerprint density at radius 1 is 1.35 bits per heavy atom. The Balaban J connectivity index is 1.76. The third-order valence-electron chi connectivity index (χ3n) is 3.48. The van der Waals surface area contributed by atoms with Crippen LogP contribution in [0.2, 0.25) is 0 Å². The van der Waals surface area contributed by atoms with E-state index >= 15 is 0 Å². The summed E-state index contributed by atoms with van der Waals surface area (Å²) < 4.78 is 5.64. The highest BCUT2D eigenvalue weighted by molar-refractivity contribution is 5.15. The molecule has 0 aliphatic carbocycles. The molecule has 2 heteroatoms. The molecule has 17 heavy (non-hydrogen) atoms. The van der Waals surface area contributed by atoms with Crippen molar-refractivity contribution in [3.05, 3.63) is 35.9 Å². The molecule has 94 valence electrons. The molecule has 1 aromatic rings. The summed E-state index contributed by atoms with van der Waals surface area (Å²) in [7, 11) is 0. The van der Waals surface area contributed by atoms with Crippen LogP contribution in [0.3, 0.4) is 0 Å². The Hall–Kier alpha value is -0.860. The van der Waals surface area contributed by atoms with Crippen molar-refractivity contribution in [3.8, 4) is 0 Å². The van der Waals surface area contributed by atoms with Gasteiger partial charge in [-0.25, -0.2) is 0 Å². The number of hydrogen-bond donors (Lipinski definition) is 1. The average Bonchev–Trinajstić information content (AvgIpc) is 2.89. The summed E-state index contributed by atoms with van der Waals surface area (Å²) in [6.45, 7) is 4.20. The molecule has 1 aromatic carbocycles. The van der Waals surface area contributed by atoms with Crippen molar-refractivity contribution in [1.82, 2.24) is 5.32 Å². The molecule has 1 N–H and O–H groups in total. The van der Waals surface area contributed by atoms with Gasteiger partial charge in [-0.05, 0) is 31.2 Å². The van der Waals surface area contributed by atoms with Gasteiger partial charge in [0.25, 0.3) is 0 Å². The van der Waals surface area contributed by atoms with Gasteiger partial charge in [-0.3, -0.25) is 0 Å². The highest BCUT2D eigenvalue weighted by Gasteiger charge is 2.16. The molecule has 0 saturated carbocycles. The standard InChI is InChI=1S/C15H23NO/c1-2-14(11-13-7-4-3-5-8-13)16-12-15-9-6-10-17-15/h3-5,7-8,14-16H,2,6,9-12H2,1H3. The van der Waals surface area contributed by atoms with Crippen molar-refractivity contribution in [3.63, 3.8) is 0 Å². The summed E-state index contributed by atoms with van der Waals surface area (Å²) in [5.41, 5.74) is 1.42. The first kappa shape index (κ1) is 12.6. The molecular weight excluding hydrogens is 210 g/mol. The molecule has 1 saturated heterocycles. The lowest BCUT2D eigenvalue weighted by Gasteiger charge is -2.19. The van der Waals surface area contributed by atoms with Crippen LogP contribution < -0.4 is 5.32 Å². The third-order valence-corrected chi connectivity index (χ3v) is 3.48. The molecule has 2 atom stereocenters. The van der Waals surface area contributed by atoms with Crippen LogP contribution in [0.4, 0.5) is 0 Å². The zero-order valence-electron chi connectivity index (χ0n) is 10.7. The monoisotopic (exact) mass is 233 g/mol. The molecule has 2 nitrogen and oxygen atoms in total. The van der Waals surface area contributed by atoms with E-state index in [9.17, 15) is 0 Å². The molecule has 0 spiro atoms. The first-order valence-electron chi connectivity index (χ1n) is 6.77. The van der Waals surface area contributed by atoms with Gasteiger partial charge in [0.1, 0.15) is 0 Å². The molecule has 1 heterocycles. The van der Waals surface area contributed by atoms with E-state index in [0.717, 1.165) is 19.6 Å². The number of benzene rings is 1. The molecule has 0 radical (unpaired) electrons. The third kappa shape index (κ3) is 4.14. The van der Waals surface area contributed by atoms with Gasteiger partial charge >= 0.3 is 0 Å². The van der Waals surface area contributed by atoms with Crippen LogP contribution in [0.15, 0.2) is 30.3 Å². The van der Waals surface area contributed by atoms with Crippen LogP contribution in [0, 0.1) is 0 Å². The van der Waals surface area contributed by atoms with Crippen molar-refractivity contribution in [2.45, 2.75) is 44.8 Å². The number of hydrogen-bond acceptors (Lipinski definition) is 2. The second-order valence-electron chi connectivity index (χ2n) is 4.84. The molecule has 2 rings (SSSR count). The average molecular weight is 233 g/mol. The smallest absolute Gasteiger partial charge is 0.0700 e. The van der Waals surface area contributed by atoms with Gasteiger partial charge in [0.05, 0.1) is 6.10 Å². The van der Waals surface area contributed by atoms with Gasteiger partial charge in [0.2, 0.25) is 0 Å². The lowest BCUT2D eigenvalue weighted by Crippen LogP contribution is -2.36. The maximum absolute atomic E-state index is 5.64. The molecule has 0 bridgehead atoms. The lowest BCUT2D eigenvalue weighted by atomic mass is 10.0. The van der Waals surface area contributed by atoms with E-state index in [1.807, 2.05) is 0 Å². The molecule has 1 aliphatic heterocycles. The van der Waals surface area contributed by atoms with E-state index in [0.29, 0.717) is 12.1 Å². The van der Waals surface area contributed by atoms with Crippen LogP contribution >= 0.6 is 0 Å². The quantitative estimate of drug-likeness (QED) is 0.816. The predicted octanol–water partition coefficient (Wildman–Crippen LogP) is 2.78. The zero-order valence-corrected chi connectivity index (χ0v) is 10.7. The van der Waals surface area contributed by atoms with Crippen LogP contribution in [0.5, 0.6) is 0 Å². The normalized spacial score (nSPS) is 21.6. The van der Waals surface area contributed by atoms with Gasteiger partial charge in [-0.15, -0.1) is 0 Å². The number of nitrogens with one attached hydrogen (secondary N) is 1. The van der Waals surface area contributed by atoms with E-state index in [-0.39, 0.29) is 0 Å². The Bertz CT molecular complexity index is 306. The lowest BCUT2D eigenvalue weighted by molar-refractivity contribution is 0.107. The van der Waals surface area contributed by atoms with E-state index in [4.69, 9.17) is 4.74 Å². The van der Waals surface area contributed by atoms with Crippen molar-refractivity contribution in [1.29, 1.82) is 0 Å². The largest absolute Gasteiger partial charge is 0.377 e. The Morgan fingerprint density at radius 2 is 2.18 bits per heavy atom. The van der Waals surface area contributed by atoms with Crippen LogP contribution in [-0.2, 0) is 11.2 Å². The van der Waals surface area contributed by atoms with Gasteiger partial charge in [0, 0.05) is 19.2 Å². The Kier molecular flexibility index (Phi) is 5.02. The summed E-state index contributed by atoms with van der Waals surface area (Å²) in [6.07, 6.45) is 5.17. The minimum atomic E-state index is 0.444. The maximum Gasteiger partial charge on any atom is 0.0700 e. The summed E-state index contributed by atoms with van der Waals surface area (Å²) in [5.74, 6) is 0. The Labute approximate surface area is 104 Å². The predicted molar refractivity (Wildman–Crippen MR) is 71.2 cm³/mol. The molecule has 1 aliphatic rings. The summed E-state index contributed by atoms with van der Waals surface area (Å²) in [5, 5.41) is 3.63. The van der Waals surface area contributed by atoms with Crippen molar-refractivity contribution in [2.75, 3.05) is 13.2 Å². The van der Waals surface area contributed by atoms with E-state index in [1.165, 1.54) is 24.8 Å². The van der Waals surface area contributed by atoms with Gasteiger partial charge < -0.3 is 10.1 Å². The fourth-order valence-corrected chi connectivity index (χ4v) is 2.36. The fourth-order valence-electron chi connectivity index (χ4n) is 2.36. The van der Waals surface area contributed by atoms with Crippen LogP contribution in [0.1, 0.15) is 31.7 Å². The topological polar surface area (TPSA) is 21.3 Å². The van der Waals surface area contributed by atoms with E-state index in [1.54, 1.807) is 0 Å². The van der Waals surface area contributed by atoms with Crippen molar-refractivity contribution in [2.24, 2.45) is 0 Å². The van der Waals surface area contributed by atoms with Gasteiger partial charge in [-0.1, -0.05) is 37.3 Å². The summed E-state index contributed by atoms with van der Waals surface area (Å²) >= 11 is 0. The minimum Gasteiger partial charge on any atom is -0.377 e. The van der Waals surface area contributed by atoms with E-state index in [2.05, 4.69) is 42.6 Å². The van der Waals surface area contributed by atoms with Crippen molar-refractivity contribution < 1.29 is 4.74 Å². The highest BCUT2D eigenvalue weighted by Crippen LogP contribution is 2.12. The molecule has 2 unspecified atom stereocenters. The van der Waals surface area contributed by atoms with Crippen LogP contribution in [-0.4, -0.2) is 25.3 Å². The zero-order chi connectivity index (χ0) is 11.9. The molecule has 0 amide bonds. The summed E-state index contributed by atoms with van der Waals surface area (Å²) in [6, 6.07) is 11.3. The highest BCUT2D eigenvalue weighted by atomic mass is 16.5. The molecule has 1 fully saturated rings. The first-order valence-corrected chi connectivity index (χ1v) is 6.77. The second-order valence-corrected chi connectivity index (χ2v) is 4.84. The molecular formula is C15H23NO. The SMILES string of the molecule is CCC(Cc1ccccc1)NCC1CCCO1. The first-order chi connectivity index (χ1) is 8.38. The number of ether oxygens (including phenoxy) is 1. The van der Waals surface area contributed by atoms with Crippen LogP contribution in [0.25, 0.3) is 0 Å². The summed E-state index contributed by atoms with van der Waals surface area (Å²) in [4.78, 5) is 0. The second kappa shape index (κ2) is 6.77.